The minimum absolute atomic E-state index is 0.0335. The molecule has 0 aliphatic carbocycles. The van der Waals surface area contributed by atoms with Crippen LogP contribution in [0.4, 0.5) is 0 Å². The fraction of sp³-hybridized carbons (Fsp3) is 0.400. The van der Waals surface area contributed by atoms with Crippen LogP contribution in [-0.4, -0.2) is 39.4 Å². The Kier molecular flexibility index (Phi) is 3.45. The van der Waals surface area contributed by atoms with Crippen molar-refractivity contribution in [2.75, 3.05) is 6.61 Å². The zero-order valence-corrected chi connectivity index (χ0v) is 5.06. The molecule has 1 unspecified atom stereocenters. The Hall–Kier alpha value is -1.07. The van der Waals surface area contributed by atoms with Gasteiger partial charge in [-0.1, -0.05) is 0 Å². The van der Waals surface area contributed by atoms with Gasteiger partial charge in [-0.25, -0.2) is 0 Å². The van der Waals surface area contributed by atoms with Crippen LogP contribution in [0, 0.1) is 0 Å². The molecule has 0 rings (SSSR count). The fourth-order valence-electron chi connectivity index (χ4n) is 0.318. The Balaban J connectivity index is 4.29. The monoisotopic (exact) mass is 148 g/mol. The van der Waals surface area contributed by atoms with Crippen molar-refractivity contribution in [3.05, 3.63) is 11.5 Å². The molecule has 5 heteroatoms. The second-order valence-electron chi connectivity index (χ2n) is 1.59. The summed E-state index contributed by atoms with van der Waals surface area (Å²) < 4.78 is 0. The molecule has 1 atom stereocenters. The number of aldehydes is 1. The first kappa shape index (κ1) is 8.93. The molecule has 5 nitrogen and oxygen atoms in total. The summed E-state index contributed by atoms with van der Waals surface area (Å²) in [6.07, 6.45) is -1.63. The van der Waals surface area contributed by atoms with E-state index in [2.05, 4.69) is 0 Å². The van der Waals surface area contributed by atoms with Crippen molar-refractivity contribution in [3.63, 3.8) is 0 Å². The number of hydrogen-bond acceptors (Lipinski definition) is 5. The summed E-state index contributed by atoms with van der Waals surface area (Å²) in [6.45, 7) is -0.746. The Morgan fingerprint density at radius 2 is 2.00 bits per heavy atom. The van der Waals surface area contributed by atoms with Gasteiger partial charge in [-0.15, -0.1) is 0 Å². The molecule has 10 heavy (non-hydrogen) atoms. The van der Waals surface area contributed by atoms with Crippen molar-refractivity contribution in [1.29, 1.82) is 0 Å². The fourth-order valence-corrected chi connectivity index (χ4v) is 0.318. The lowest BCUT2D eigenvalue weighted by atomic mass is 10.3. The topological polar surface area (TPSA) is 98.0 Å². The molecule has 0 saturated heterocycles. The minimum atomic E-state index is -1.59. The molecular weight excluding hydrogens is 140 g/mol. The maximum atomic E-state index is 9.71. The highest BCUT2D eigenvalue weighted by atomic mass is 16.4. The smallest absolute Gasteiger partial charge is 0.196 e. The van der Waals surface area contributed by atoms with Crippen molar-refractivity contribution in [3.8, 4) is 0 Å². The Morgan fingerprint density at radius 3 is 2.30 bits per heavy atom. The van der Waals surface area contributed by atoms with Crippen LogP contribution in [0.25, 0.3) is 0 Å². The molecule has 4 N–H and O–H groups in total. The summed E-state index contributed by atoms with van der Waals surface area (Å²) >= 11 is 0. The van der Waals surface area contributed by atoms with E-state index >= 15 is 0 Å². The Morgan fingerprint density at radius 1 is 1.50 bits per heavy atom. The third-order valence-corrected chi connectivity index (χ3v) is 0.863. The molecule has 0 aromatic heterocycles. The summed E-state index contributed by atoms with van der Waals surface area (Å²) in [4.78, 5) is 9.71. The molecule has 0 aliphatic rings. The predicted molar refractivity (Wildman–Crippen MR) is 31.4 cm³/mol. The van der Waals surface area contributed by atoms with E-state index in [0.717, 1.165) is 0 Å². The number of aliphatic hydroxyl groups excluding tert-OH is 4. The summed E-state index contributed by atoms with van der Waals surface area (Å²) in [6, 6.07) is 0. The predicted octanol–water partition coefficient (Wildman–Crippen LogP) is -1.13. The molecule has 0 aromatic carbocycles. The van der Waals surface area contributed by atoms with E-state index in [1.54, 1.807) is 0 Å². The maximum absolute atomic E-state index is 9.71. The van der Waals surface area contributed by atoms with Gasteiger partial charge >= 0.3 is 0 Å². The minimum Gasteiger partial charge on any atom is -0.506 e. The third kappa shape index (κ3) is 2.04. The number of allylic oxidation sites excluding steroid dienone is 1. The van der Waals surface area contributed by atoms with Crippen LogP contribution in [0.1, 0.15) is 0 Å². The summed E-state index contributed by atoms with van der Waals surface area (Å²) in [5.74, 6) is -1.89. The quantitative estimate of drug-likeness (QED) is 0.230. The van der Waals surface area contributed by atoms with Gasteiger partial charge in [-0.3, -0.25) is 4.79 Å². The van der Waals surface area contributed by atoms with Crippen LogP contribution >= 0.6 is 0 Å². The van der Waals surface area contributed by atoms with Gasteiger partial charge in [0.2, 0.25) is 0 Å². The Bertz CT molecular complexity index is 150. The molecule has 0 spiro atoms. The molecule has 0 aliphatic heterocycles. The van der Waals surface area contributed by atoms with E-state index in [-0.39, 0.29) is 6.29 Å². The van der Waals surface area contributed by atoms with Crippen molar-refractivity contribution < 1.29 is 25.2 Å². The van der Waals surface area contributed by atoms with E-state index in [4.69, 9.17) is 20.4 Å². The molecule has 0 radical (unpaired) electrons. The van der Waals surface area contributed by atoms with Crippen molar-refractivity contribution in [1.82, 2.24) is 0 Å². The summed E-state index contributed by atoms with van der Waals surface area (Å²) in [5, 5.41) is 33.7. The van der Waals surface area contributed by atoms with Crippen LogP contribution in [0.2, 0.25) is 0 Å². The SMILES string of the molecule is O=CC(O)=C(O)C(O)CO. The van der Waals surface area contributed by atoms with Crippen LogP contribution in [0.5, 0.6) is 0 Å². The summed E-state index contributed by atoms with van der Waals surface area (Å²) in [7, 11) is 0. The highest BCUT2D eigenvalue weighted by Crippen LogP contribution is 1.99. The number of aliphatic hydroxyl groups is 4. The lowest BCUT2D eigenvalue weighted by Gasteiger charge is -2.04. The first-order valence-electron chi connectivity index (χ1n) is 2.49. The van der Waals surface area contributed by atoms with Gasteiger partial charge in [0.15, 0.2) is 17.8 Å². The molecule has 0 aromatic rings. The maximum Gasteiger partial charge on any atom is 0.196 e. The molecule has 58 valence electrons. The number of hydrogen-bond donors (Lipinski definition) is 4. The molecule has 0 heterocycles. The highest BCUT2D eigenvalue weighted by molar-refractivity contribution is 5.70. The van der Waals surface area contributed by atoms with Crippen molar-refractivity contribution in [2.24, 2.45) is 0 Å². The number of carbonyl (C=O) groups excluding carboxylic acids is 1. The lowest BCUT2D eigenvalue weighted by Crippen LogP contribution is -2.17. The first-order chi connectivity index (χ1) is 4.63. The number of carbonyl (C=O) groups is 1. The number of rotatable bonds is 3. The van der Waals surface area contributed by atoms with E-state index in [0.29, 0.717) is 0 Å². The largest absolute Gasteiger partial charge is 0.506 e. The van der Waals surface area contributed by atoms with Crippen molar-refractivity contribution in [2.45, 2.75) is 6.10 Å². The van der Waals surface area contributed by atoms with Gasteiger partial charge in [0.05, 0.1) is 6.61 Å². The van der Waals surface area contributed by atoms with Gasteiger partial charge in [0.1, 0.15) is 6.10 Å². The van der Waals surface area contributed by atoms with Crippen LogP contribution < -0.4 is 0 Å². The van der Waals surface area contributed by atoms with Crippen molar-refractivity contribution >= 4 is 6.29 Å². The van der Waals surface area contributed by atoms with Gasteiger partial charge in [0, 0.05) is 0 Å². The summed E-state index contributed by atoms with van der Waals surface area (Å²) in [5.41, 5.74) is 0. The van der Waals surface area contributed by atoms with Gasteiger partial charge in [-0.2, -0.15) is 0 Å². The zero-order valence-electron chi connectivity index (χ0n) is 5.06. The molecule has 0 saturated carbocycles. The average molecular weight is 148 g/mol. The highest BCUT2D eigenvalue weighted by Gasteiger charge is 2.12. The van der Waals surface area contributed by atoms with E-state index in [9.17, 15) is 4.79 Å². The second-order valence-corrected chi connectivity index (χ2v) is 1.59. The molecule has 0 bridgehead atoms. The first-order valence-corrected chi connectivity index (χ1v) is 2.49. The van der Waals surface area contributed by atoms with E-state index in [1.807, 2.05) is 0 Å². The third-order valence-electron chi connectivity index (χ3n) is 0.863. The normalized spacial score (nSPS) is 15.8. The van der Waals surface area contributed by atoms with E-state index < -0.39 is 24.2 Å². The lowest BCUT2D eigenvalue weighted by molar-refractivity contribution is -0.107. The standard InChI is InChI=1S/C5H8O5/c6-1-3(8)5(10)4(9)2-7/h1,4,7-10H,2H2. The van der Waals surface area contributed by atoms with E-state index in [1.165, 1.54) is 0 Å². The molecule has 0 amide bonds. The van der Waals surface area contributed by atoms with Gasteiger partial charge in [-0.05, 0) is 0 Å². The van der Waals surface area contributed by atoms with Crippen LogP contribution in [0.3, 0.4) is 0 Å². The van der Waals surface area contributed by atoms with Crippen LogP contribution in [0.15, 0.2) is 11.5 Å². The molecule has 0 fully saturated rings. The van der Waals surface area contributed by atoms with Gasteiger partial charge < -0.3 is 20.4 Å². The van der Waals surface area contributed by atoms with Gasteiger partial charge in [0.25, 0.3) is 0 Å². The van der Waals surface area contributed by atoms with Crippen LogP contribution in [-0.2, 0) is 4.79 Å². The Labute approximate surface area is 56.8 Å². The zero-order chi connectivity index (χ0) is 8.15. The molecular formula is C5H8O5. The average Bonchev–Trinajstić information content (AvgIpc) is 2.00. The second kappa shape index (κ2) is 3.86.